The van der Waals surface area contributed by atoms with Crippen LogP contribution in [0.1, 0.15) is 6.92 Å². The van der Waals surface area contributed by atoms with E-state index in [-0.39, 0.29) is 24.0 Å². The molecule has 0 saturated carbocycles. The molecular formula is C21H25ClN2O6S. The lowest BCUT2D eigenvalue weighted by molar-refractivity contribution is -0.127. The number of carbonyl (C=O) groups excluding carboxylic acids is 1. The lowest BCUT2D eigenvalue weighted by Gasteiger charge is -2.26. The van der Waals surface area contributed by atoms with Crippen LogP contribution in [-0.2, 0) is 19.6 Å². The Morgan fingerprint density at radius 2 is 1.87 bits per heavy atom. The first-order valence-electron chi connectivity index (χ1n) is 9.87. The van der Waals surface area contributed by atoms with Crippen LogP contribution < -0.4 is 14.8 Å². The zero-order chi connectivity index (χ0) is 22.3. The molecule has 0 unspecified atom stereocenters. The second-order valence-corrected chi connectivity index (χ2v) is 9.22. The Hall–Kier alpha value is -2.33. The molecule has 1 aliphatic heterocycles. The smallest absolute Gasteiger partial charge is 0.260 e. The quantitative estimate of drug-likeness (QED) is 0.567. The summed E-state index contributed by atoms with van der Waals surface area (Å²) in [6.07, 6.45) is -0.692. The van der Waals surface area contributed by atoms with E-state index in [9.17, 15) is 13.2 Å². The van der Waals surface area contributed by atoms with Crippen molar-refractivity contribution < 1.29 is 27.4 Å². The van der Waals surface area contributed by atoms with Crippen LogP contribution in [0.2, 0.25) is 5.02 Å². The fraction of sp³-hybridized carbons (Fsp3) is 0.381. The van der Waals surface area contributed by atoms with Gasteiger partial charge in [-0.3, -0.25) is 4.79 Å². The third-order valence-electron chi connectivity index (χ3n) is 4.58. The molecule has 0 aromatic heterocycles. The molecule has 1 amide bonds. The molecule has 2 aromatic rings. The number of sulfonamides is 1. The van der Waals surface area contributed by atoms with Gasteiger partial charge in [-0.05, 0) is 49.4 Å². The van der Waals surface area contributed by atoms with Crippen molar-refractivity contribution in [2.45, 2.75) is 17.9 Å². The van der Waals surface area contributed by atoms with E-state index in [1.54, 1.807) is 43.3 Å². The van der Waals surface area contributed by atoms with Crippen molar-refractivity contribution in [3.8, 4) is 11.5 Å². The second kappa shape index (κ2) is 10.8. The highest BCUT2D eigenvalue weighted by molar-refractivity contribution is 7.89. The molecule has 1 aliphatic rings. The average molecular weight is 469 g/mol. The van der Waals surface area contributed by atoms with E-state index < -0.39 is 16.1 Å². The number of ether oxygens (including phenoxy) is 3. The number of carbonyl (C=O) groups is 1. The average Bonchev–Trinajstić information content (AvgIpc) is 2.77. The Labute approximate surface area is 187 Å². The van der Waals surface area contributed by atoms with Crippen LogP contribution in [0.15, 0.2) is 53.4 Å². The van der Waals surface area contributed by atoms with Gasteiger partial charge >= 0.3 is 0 Å². The van der Waals surface area contributed by atoms with E-state index in [0.29, 0.717) is 42.8 Å². The maximum absolute atomic E-state index is 12.6. The molecule has 2 aromatic carbocycles. The molecule has 1 atom stereocenters. The SMILES string of the molecule is C[C@@H](Oc1cccc(Cl)c1)C(=O)NCCOc1ccc(S(=O)(=O)N2CCOCC2)cc1. The summed E-state index contributed by atoms with van der Waals surface area (Å²) < 4.78 is 43.0. The van der Waals surface area contributed by atoms with Gasteiger partial charge in [-0.1, -0.05) is 17.7 Å². The number of rotatable bonds is 9. The lowest BCUT2D eigenvalue weighted by Crippen LogP contribution is -2.40. The predicted octanol–water partition coefficient (Wildman–Crippen LogP) is 2.32. The van der Waals surface area contributed by atoms with Crippen molar-refractivity contribution in [2.24, 2.45) is 0 Å². The summed E-state index contributed by atoms with van der Waals surface area (Å²) >= 11 is 5.90. The zero-order valence-electron chi connectivity index (χ0n) is 17.1. The third kappa shape index (κ3) is 6.57. The first-order valence-corrected chi connectivity index (χ1v) is 11.7. The van der Waals surface area contributed by atoms with Crippen molar-refractivity contribution in [1.29, 1.82) is 0 Å². The highest BCUT2D eigenvalue weighted by Crippen LogP contribution is 2.21. The van der Waals surface area contributed by atoms with Gasteiger partial charge in [0.1, 0.15) is 18.1 Å². The molecule has 10 heteroatoms. The number of nitrogens with one attached hydrogen (secondary N) is 1. The van der Waals surface area contributed by atoms with Gasteiger partial charge < -0.3 is 19.5 Å². The summed E-state index contributed by atoms with van der Waals surface area (Å²) in [6, 6.07) is 13.0. The van der Waals surface area contributed by atoms with E-state index in [1.807, 2.05) is 0 Å². The van der Waals surface area contributed by atoms with E-state index in [1.165, 1.54) is 16.4 Å². The van der Waals surface area contributed by atoms with Gasteiger partial charge in [-0.2, -0.15) is 4.31 Å². The predicted molar refractivity (Wildman–Crippen MR) is 116 cm³/mol. The number of morpholine rings is 1. The minimum Gasteiger partial charge on any atom is -0.492 e. The fourth-order valence-electron chi connectivity index (χ4n) is 2.93. The lowest BCUT2D eigenvalue weighted by atomic mass is 10.3. The number of hydrogen-bond donors (Lipinski definition) is 1. The van der Waals surface area contributed by atoms with Gasteiger partial charge in [0.25, 0.3) is 5.91 Å². The van der Waals surface area contributed by atoms with E-state index >= 15 is 0 Å². The molecular weight excluding hydrogens is 444 g/mol. The van der Waals surface area contributed by atoms with Gasteiger partial charge in [0, 0.05) is 18.1 Å². The summed E-state index contributed by atoms with van der Waals surface area (Å²) in [7, 11) is -3.53. The molecule has 0 radical (unpaired) electrons. The van der Waals surface area contributed by atoms with Crippen LogP contribution in [0, 0.1) is 0 Å². The molecule has 1 N–H and O–H groups in total. The van der Waals surface area contributed by atoms with Gasteiger partial charge in [-0.25, -0.2) is 8.42 Å². The Balaban J connectivity index is 1.42. The molecule has 168 valence electrons. The molecule has 1 heterocycles. The molecule has 0 spiro atoms. The largest absolute Gasteiger partial charge is 0.492 e. The first kappa shape index (κ1) is 23.3. The van der Waals surface area contributed by atoms with Crippen molar-refractivity contribution in [2.75, 3.05) is 39.5 Å². The number of nitrogens with zero attached hydrogens (tertiary/aromatic N) is 1. The summed E-state index contributed by atoms with van der Waals surface area (Å²) in [4.78, 5) is 12.4. The topological polar surface area (TPSA) is 94.2 Å². The minimum atomic E-state index is -3.53. The van der Waals surface area contributed by atoms with Crippen molar-refractivity contribution in [3.63, 3.8) is 0 Å². The Bertz CT molecular complexity index is 978. The van der Waals surface area contributed by atoms with Crippen LogP contribution in [0.5, 0.6) is 11.5 Å². The highest BCUT2D eigenvalue weighted by atomic mass is 35.5. The third-order valence-corrected chi connectivity index (χ3v) is 6.73. The summed E-state index contributed by atoms with van der Waals surface area (Å²) in [5, 5.41) is 3.26. The Kier molecular flexibility index (Phi) is 8.14. The molecule has 1 fully saturated rings. The number of benzene rings is 2. The van der Waals surface area contributed by atoms with Crippen molar-refractivity contribution >= 4 is 27.5 Å². The van der Waals surface area contributed by atoms with Gasteiger partial charge in [0.05, 0.1) is 24.7 Å². The number of hydrogen-bond acceptors (Lipinski definition) is 6. The van der Waals surface area contributed by atoms with E-state index in [4.69, 9.17) is 25.8 Å². The Morgan fingerprint density at radius 3 is 2.55 bits per heavy atom. The fourth-order valence-corrected chi connectivity index (χ4v) is 4.52. The van der Waals surface area contributed by atoms with Gasteiger partial charge in [0.15, 0.2) is 6.10 Å². The second-order valence-electron chi connectivity index (χ2n) is 6.84. The maximum atomic E-state index is 12.6. The van der Waals surface area contributed by atoms with E-state index in [2.05, 4.69) is 5.32 Å². The van der Waals surface area contributed by atoms with Gasteiger partial charge in [-0.15, -0.1) is 0 Å². The Morgan fingerprint density at radius 1 is 1.16 bits per heavy atom. The zero-order valence-corrected chi connectivity index (χ0v) is 18.7. The monoisotopic (exact) mass is 468 g/mol. The standard InChI is InChI=1S/C21H25ClN2O6S/c1-16(30-19-4-2-3-17(22)15-19)21(25)23-9-12-29-18-5-7-20(8-6-18)31(26,27)24-10-13-28-14-11-24/h2-8,15-16H,9-14H2,1H3,(H,23,25)/t16-/m1/s1. The van der Waals surface area contributed by atoms with Crippen molar-refractivity contribution in [3.05, 3.63) is 53.6 Å². The van der Waals surface area contributed by atoms with Crippen LogP contribution in [-0.4, -0.2) is 64.2 Å². The molecule has 0 bridgehead atoms. The molecule has 0 aliphatic carbocycles. The highest BCUT2D eigenvalue weighted by Gasteiger charge is 2.26. The molecule has 8 nitrogen and oxygen atoms in total. The minimum absolute atomic E-state index is 0.210. The van der Waals surface area contributed by atoms with Crippen molar-refractivity contribution in [1.82, 2.24) is 9.62 Å². The number of amides is 1. The summed E-state index contributed by atoms with van der Waals surface area (Å²) in [5.74, 6) is 0.743. The summed E-state index contributed by atoms with van der Waals surface area (Å²) in [6.45, 7) is 3.63. The van der Waals surface area contributed by atoms with Crippen LogP contribution in [0.25, 0.3) is 0 Å². The molecule has 31 heavy (non-hydrogen) atoms. The van der Waals surface area contributed by atoms with Crippen LogP contribution >= 0.6 is 11.6 Å². The molecule has 3 rings (SSSR count). The van der Waals surface area contributed by atoms with Crippen LogP contribution in [0.4, 0.5) is 0 Å². The molecule has 1 saturated heterocycles. The summed E-state index contributed by atoms with van der Waals surface area (Å²) in [5.41, 5.74) is 0. The maximum Gasteiger partial charge on any atom is 0.260 e. The van der Waals surface area contributed by atoms with Gasteiger partial charge in [0.2, 0.25) is 10.0 Å². The number of halogens is 1. The first-order chi connectivity index (χ1) is 14.9. The normalized spacial score (nSPS) is 15.8. The van der Waals surface area contributed by atoms with E-state index in [0.717, 1.165) is 0 Å². The van der Waals surface area contributed by atoms with Crippen LogP contribution in [0.3, 0.4) is 0 Å².